The molecule has 0 spiro atoms. The summed E-state index contributed by atoms with van der Waals surface area (Å²) < 4.78 is 5.42. The second-order valence-corrected chi connectivity index (χ2v) is 5.08. The fourth-order valence-electron chi connectivity index (χ4n) is 2.72. The molecule has 3 nitrogen and oxygen atoms in total. The Hall–Kier alpha value is -0.120. The molecule has 2 aliphatic heterocycles. The lowest BCUT2D eigenvalue weighted by molar-refractivity contribution is 0.0597. The van der Waals surface area contributed by atoms with E-state index >= 15 is 0 Å². The summed E-state index contributed by atoms with van der Waals surface area (Å²) in [4.78, 5) is 5.06. The topological polar surface area (TPSA) is 15.7 Å². The van der Waals surface area contributed by atoms with Crippen LogP contribution in [0.1, 0.15) is 19.8 Å². The standard InChI is InChI=1S/C12H24N2O/c1-3-5-14-8-11(9-14)7-13(2)12-4-6-15-10-12/h11-12H,3-10H2,1-2H3. The monoisotopic (exact) mass is 212 g/mol. The molecule has 1 atom stereocenters. The molecule has 0 bridgehead atoms. The van der Waals surface area contributed by atoms with Crippen molar-refractivity contribution in [3.63, 3.8) is 0 Å². The lowest BCUT2D eigenvalue weighted by Crippen LogP contribution is -2.52. The summed E-state index contributed by atoms with van der Waals surface area (Å²) in [7, 11) is 2.25. The molecule has 1 unspecified atom stereocenters. The van der Waals surface area contributed by atoms with E-state index in [0.717, 1.165) is 19.1 Å². The molecule has 2 saturated heterocycles. The summed E-state index contributed by atoms with van der Waals surface area (Å²) >= 11 is 0. The minimum Gasteiger partial charge on any atom is -0.380 e. The van der Waals surface area contributed by atoms with Gasteiger partial charge in [-0.1, -0.05) is 6.92 Å². The summed E-state index contributed by atoms with van der Waals surface area (Å²) in [5, 5.41) is 0. The third kappa shape index (κ3) is 2.92. The Morgan fingerprint density at radius 3 is 2.80 bits per heavy atom. The summed E-state index contributed by atoms with van der Waals surface area (Å²) in [5.41, 5.74) is 0. The van der Waals surface area contributed by atoms with Gasteiger partial charge in [0.15, 0.2) is 0 Å². The van der Waals surface area contributed by atoms with Gasteiger partial charge in [-0.2, -0.15) is 0 Å². The molecular weight excluding hydrogens is 188 g/mol. The van der Waals surface area contributed by atoms with Gasteiger partial charge in [0.25, 0.3) is 0 Å². The van der Waals surface area contributed by atoms with Crippen LogP contribution in [0, 0.1) is 5.92 Å². The molecule has 0 amide bonds. The van der Waals surface area contributed by atoms with Crippen molar-refractivity contribution in [2.24, 2.45) is 5.92 Å². The van der Waals surface area contributed by atoms with E-state index in [9.17, 15) is 0 Å². The molecule has 0 radical (unpaired) electrons. The summed E-state index contributed by atoms with van der Waals surface area (Å²) in [6.07, 6.45) is 2.51. The summed E-state index contributed by atoms with van der Waals surface area (Å²) in [6.45, 7) is 9.33. The molecule has 2 fully saturated rings. The highest BCUT2D eigenvalue weighted by molar-refractivity contribution is 4.83. The van der Waals surface area contributed by atoms with Crippen LogP contribution in [0.4, 0.5) is 0 Å². The van der Waals surface area contributed by atoms with Gasteiger partial charge >= 0.3 is 0 Å². The van der Waals surface area contributed by atoms with Crippen LogP contribution in [-0.2, 0) is 4.74 Å². The molecular formula is C12H24N2O. The fourth-order valence-corrected chi connectivity index (χ4v) is 2.72. The molecule has 2 rings (SSSR count). The first-order chi connectivity index (χ1) is 7.29. The van der Waals surface area contributed by atoms with E-state index in [1.165, 1.54) is 39.0 Å². The van der Waals surface area contributed by atoms with Gasteiger partial charge in [-0.15, -0.1) is 0 Å². The lowest BCUT2D eigenvalue weighted by Gasteiger charge is -2.41. The second-order valence-electron chi connectivity index (χ2n) is 5.08. The SMILES string of the molecule is CCCN1CC(CN(C)C2CCOC2)C1. The van der Waals surface area contributed by atoms with E-state index in [-0.39, 0.29) is 0 Å². The number of ether oxygens (including phenoxy) is 1. The van der Waals surface area contributed by atoms with E-state index < -0.39 is 0 Å². The van der Waals surface area contributed by atoms with Gasteiger partial charge in [0.1, 0.15) is 0 Å². The lowest BCUT2D eigenvalue weighted by atomic mass is 9.98. The zero-order valence-electron chi connectivity index (χ0n) is 10.1. The van der Waals surface area contributed by atoms with Crippen LogP contribution in [0.2, 0.25) is 0 Å². The molecule has 15 heavy (non-hydrogen) atoms. The molecule has 0 aromatic heterocycles. The minimum absolute atomic E-state index is 0.685. The third-order valence-electron chi connectivity index (χ3n) is 3.65. The van der Waals surface area contributed by atoms with Gasteiger partial charge in [-0.25, -0.2) is 0 Å². The Balaban J connectivity index is 1.61. The van der Waals surface area contributed by atoms with Crippen molar-refractivity contribution in [3.05, 3.63) is 0 Å². The number of likely N-dealkylation sites (N-methyl/N-ethyl adjacent to an activating group) is 1. The molecule has 2 aliphatic rings. The van der Waals surface area contributed by atoms with Crippen LogP contribution in [0.25, 0.3) is 0 Å². The molecule has 2 heterocycles. The molecule has 0 saturated carbocycles. The molecule has 0 aromatic carbocycles. The van der Waals surface area contributed by atoms with Crippen LogP contribution < -0.4 is 0 Å². The van der Waals surface area contributed by atoms with Crippen molar-refractivity contribution in [3.8, 4) is 0 Å². The van der Waals surface area contributed by atoms with Gasteiger partial charge < -0.3 is 14.5 Å². The highest BCUT2D eigenvalue weighted by Crippen LogP contribution is 2.19. The summed E-state index contributed by atoms with van der Waals surface area (Å²) in [6, 6.07) is 0.685. The molecule has 3 heteroatoms. The molecule has 88 valence electrons. The van der Waals surface area contributed by atoms with Crippen molar-refractivity contribution in [1.82, 2.24) is 9.80 Å². The highest BCUT2D eigenvalue weighted by atomic mass is 16.5. The Kier molecular flexibility index (Phi) is 4.00. The van der Waals surface area contributed by atoms with Gasteiger partial charge in [-0.05, 0) is 32.4 Å². The van der Waals surface area contributed by atoms with Crippen molar-refractivity contribution in [2.45, 2.75) is 25.8 Å². The van der Waals surface area contributed by atoms with Crippen molar-refractivity contribution >= 4 is 0 Å². The number of rotatable bonds is 5. The Labute approximate surface area is 93.4 Å². The van der Waals surface area contributed by atoms with Crippen molar-refractivity contribution in [2.75, 3.05) is 46.4 Å². The Morgan fingerprint density at radius 1 is 1.40 bits per heavy atom. The van der Waals surface area contributed by atoms with Crippen LogP contribution >= 0.6 is 0 Å². The smallest absolute Gasteiger partial charge is 0.0622 e. The van der Waals surface area contributed by atoms with Crippen molar-refractivity contribution < 1.29 is 4.74 Å². The van der Waals surface area contributed by atoms with Crippen LogP contribution in [-0.4, -0.2) is 62.3 Å². The number of hydrogen-bond acceptors (Lipinski definition) is 3. The normalized spacial score (nSPS) is 28.6. The highest BCUT2D eigenvalue weighted by Gasteiger charge is 2.29. The number of hydrogen-bond donors (Lipinski definition) is 0. The zero-order chi connectivity index (χ0) is 10.7. The third-order valence-corrected chi connectivity index (χ3v) is 3.65. The van der Waals surface area contributed by atoms with Gasteiger partial charge in [0.2, 0.25) is 0 Å². The average Bonchev–Trinajstić information content (AvgIpc) is 2.67. The van der Waals surface area contributed by atoms with E-state index in [0.29, 0.717) is 6.04 Å². The molecule has 0 aliphatic carbocycles. The van der Waals surface area contributed by atoms with Gasteiger partial charge in [0, 0.05) is 32.3 Å². The Morgan fingerprint density at radius 2 is 2.20 bits per heavy atom. The average molecular weight is 212 g/mol. The summed E-state index contributed by atoms with van der Waals surface area (Å²) in [5.74, 6) is 0.905. The minimum atomic E-state index is 0.685. The quantitative estimate of drug-likeness (QED) is 0.677. The maximum absolute atomic E-state index is 5.42. The fraction of sp³-hybridized carbons (Fsp3) is 1.00. The van der Waals surface area contributed by atoms with Crippen LogP contribution in [0.3, 0.4) is 0 Å². The predicted molar refractivity (Wildman–Crippen MR) is 62.1 cm³/mol. The number of likely N-dealkylation sites (tertiary alicyclic amines) is 1. The second kappa shape index (κ2) is 5.28. The molecule has 0 N–H and O–H groups in total. The largest absolute Gasteiger partial charge is 0.380 e. The van der Waals surface area contributed by atoms with Gasteiger partial charge in [-0.3, -0.25) is 0 Å². The predicted octanol–water partition coefficient (Wildman–Crippen LogP) is 1.05. The maximum atomic E-state index is 5.42. The van der Waals surface area contributed by atoms with Crippen LogP contribution in [0.5, 0.6) is 0 Å². The van der Waals surface area contributed by atoms with Crippen LogP contribution in [0.15, 0.2) is 0 Å². The van der Waals surface area contributed by atoms with Crippen molar-refractivity contribution in [1.29, 1.82) is 0 Å². The first-order valence-electron chi connectivity index (χ1n) is 6.30. The van der Waals surface area contributed by atoms with E-state index in [1.807, 2.05) is 0 Å². The first-order valence-corrected chi connectivity index (χ1v) is 6.30. The van der Waals surface area contributed by atoms with E-state index in [1.54, 1.807) is 0 Å². The zero-order valence-corrected chi connectivity index (χ0v) is 10.1. The number of nitrogens with zero attached hydrogens (tertiary/aromatic N) is 2. The molecule has 0 aromatic rings. The maximum Gasteiger partial charge on any atom is 0.0622 e. The van der Waals surface area contributed by atoms with E-state index in [2.05, 4.69) is 23.8 Å². The van der Waals surface area contributed by atoms with E-state index in [4.69, 9.17) is 4.74 Å². The Bertz CT molecular complexity index is 186. The first kappa shape index (κ1) is 11.4. The van der Waals surface area contributed by atoms with Gasteiger partial charge in [0.05, 0.1) is 6.61 Å².